The molecule has 0 saturated carbocycles. The highest BCUT2D eigenvalue weighted by Crippen LogP contribution is 2.24. The molecule has 0 unspecified atom stereocenters. The topological polar surface area (TPSA) is 80.6 Å². The summed E-state index contributed by atoms with van der Waals surface area (Å²) in [5.74, 6) is 0.268. The Balaban J connectivity index is 1.90. The summed E-state index contributed by atoms with van der Waals surface area (Å²) in [6.07, 6.45) is 0.158. The molecule has 0 bridgehead atoms. The van der Waals surface area contributed by atoms with E-state index in [2.05, 4.69) is 24.2 Å². The summed E-state index contributed by atoms with van der Waals surface area (Å²) in [5, 5.41) is 11.0. The summed E-state index contributed by atoms with van der Waals surface area (Å²) in [5.41, 5.74) is 1.75. The van der Waals surface area contributed by atoms with Crippen molar-refractivity contribution in [2.24, 2.45) is 0 Å². The summed E-state index contributed by atoms with van der Waals surface area (Å²) < 4.78 is 6.66. The van der Waals surface area contributed by atoms with Gasteiger partial charge in [0.1, 0.15) is 11.1 Å². The van der Waals surface area contributed by atoms with Gasteiger partial charge in [-0.15, -0.1) is 5.10 Å². The van der Waals surface area contributed by atoms with Gasteiger partial charge in [0.05, 0.1) is 5.52 Å². The highest BCUT2D eigenvalue weighted by atomic mass is 16.6. The van der Waals surface area contributed by atoms with Gasteiger partial charge in [0.2, 0.25) is 0 Å². The standard InChI is InChI=1S/C18H25N5O3/c1-12(2)13-8-6-9-14-15(13)19-20-23(14)16(24)21-10-7-11-22(21)17(25)26-18(3,4)5/h6,8-9,12H,7,10-11H2,1-5H3. The molecule has 0 spiro atoms. The van der Waals surface area contributed by atoms with Crippen LogP contribution in [0.3, 0.4) is 0 Å². The van der Waals surface area contributed by atoms with Crippen LogP contribution in [0.4, 0.5) is 9.59 Å². The molecule has 8 nitrogen and oxygen atoms in total. The lowest BCUT2D eigenvalue weighted by Gasteiger charge is -2.29. The second-order valence-corrected chi connectivity index (χ2v) is 7.73. The number of amides is 2. The molecular weight excluding hydrogens is 334 g/mol. The zero-order chi connectivity index (χ0) is 19.1. The molecule has 1 aliphatic rings. The molecule has 2 aromatic rings. The molecule has 0 atom stereocenters. The minimum Gasteiger partial charge on any atom is -0.442 e. The Morgan fingerprint density at radius 1 is 1.15 bits per heavy atom. The zero-order valence-corrected chi connectivity index (χ0v) is 15.9. The van der Waals surface area contributed by atoms with Crippen molar-refractivity contribution in [1.82, 2.24) is 25.0 Å². The van der Waals surface area contributed by atoms with E-state index >= 15 is 0 Å². The molecule has 26 heavy (non-hydrogen) atoms. The first-order valence-electron chi connectivity index (χ1n) is 8.85. The maximum Gasteiger partial charge on any atom is 0.429 e. The first-order chi connectivity index (χ1) is 12.2. The highest BCUT2D eigenvalue weighted by Gasteiger charge is 2.35. The third kappa shape index (κ3) is 3.36. The fourth-order valence-corrected chi connectivity index (χ4v) is 3.00. The van der Waals surface area contributed by atoms with Crippen molar-refractivity contribution in [3.8, 4) is 0 Å². The van der Waals surface area contributed by atoms with E-state index in [1.807, 2.05) is 18.2 Å². The second-order valence-electron chi connectivity index (χ2n) is 7.73. The minimum atomic E-state index is -0.624. The normalized spacial score (nSPS) is 15.2. The van der Waals surface area contributed by atoms with Crippen LogP contribution in [0.5, 0.6) is 0 Å². The number of fused-ring (bicyclic) bond motifs is 1. The summed E-state index contributed by atoms with van der Waals surface area (Å²) in [6, 6.07) is 5.28. The molecular formula is C18H25N5O3. The first-order valence-corrected chi connectivity index (χ1v) is 8.85. The third-order valence-electron chi connectivity index (χ3n) is 4.17. The lowest BCUT2D eigenvalue weighted by molar-refractivity contribution is -0.0113. The van der Waals surface area contributed by atoms with Gasteiger partial charge in [-0.3, -0.25) is 0 Å². The summed E-state index contributed by atoms with van der Waals surface area (Å²) in [6.45, 7) is 10.4. The SMILES string of the molecule is CC(C)c1cccc2c1nnn2C(=O)N1CCCN1C(=O)OC(C)(C)C. The summed E-state index contributed by atoms with van der Waals surface area (Å²) in [7, 11) is 0. The quantitative estimate of drug-likeness (QED) is 0.780. The lowest BCUT2D eigenvalue weighted by Crippen LogP contribution is -2.48. The molecule has 0 aliphatic carbocycles. The van der Waals surface area contributed by atoms with Gasteiger partial charge in [0.25, 0.3) is 0 Å². The van der Waals surface area contributed by atoms with Crippen molar-refractivity contribution in [3.05, 3.63) is 23.8 Å². The first kappa shape index (κ1) is 18.2. The van der Waals surface area contributed by atoms with Gasteiger partial charge in [-0.2, -0.15) is 4.68 Å². The molecule has 1 aromatic carbocycles. The van der Waals surface area contributed by atoms with Crippen molar-refractivity contribution in [2.45, 2.75) is 52.6 Å². The zero-order valence-electron chi connectivity index (χ0n) is 15.9. The van der Waals surface area contributed by atoms with Gasteiger partial charge in [-0.25, -0.2) is 19.6 Å². The van der Waals surface area contributed by atoms with Crippen LogP contribution in [-0.2, 0) is 4.74 Å². The monoisotopic (exact) mass is 359 g/mol. The number of ether oxygens (including phenoxy) is 1. The van der Waals surface area contributed by atoms with Crippen LogP contribution in [0.2, 0.25) is 0 Å². The largest absolute Gasteiger partial charge is 0.442 e. The van der Waals surface area contributed by atoms with Gasteiger partial charge in [0.15, 0.2) is 0 Å². The number of nitrogens with zero attached hydrogens (tertiary/aromatic N) is 5. The molecule has 3 rings (SSSR count). The van der Waals surface area contributed by atoms with Crippen molar-refractivity contribution in [3.63, 3.8) is 0 Å². The van der Waals surface area contributed by atoms with E-state index in [4.69, 9.17) is 4.74 Å². The van der Waals surface area contributed by atoms with Crippen molar-refractivity contribution in [1.29, 1.82) is 0 Å². The molecule has 1 aliphatic heterocycles. The number of hydrogen-bond donors (Lipinski definition) is 0. The number of aromatic nitrogens is 3. The Hall–Kier alpha value is -2.64. The molecule has 2 amide bonds. The fourth-order valence-electron chi connectivity index (χ4n) is 3.00. The average molecular weight is 359 g/mol. The molecule has 1 aromatic heterocycles. The van der Waals surface area contributed by atoms with Crippen LogP contribution in [0, 0.1) is 0 Å². The smallest absolute Gasteiger partial charge is 0.429 e. The Morgan fingerprint density at radius 3 is 2.50 bits per heavy atom. The number of rotatable bonds is 1. The second kappa shape index (κ2) is 6.59. The van der Waals surface area contributed by atoms with Gasteiger partial charge >= 0.3 is 12.1 Å². The van der Waals surface area contributed by atoms with E-state index in [1.165, 1.54) is 14.7 Å². The lowest BCUT2D eigenvalue weighted by atomic mass is 10.0. The number of hydrogen-bond acceptors (Lipinski definition) is 5. The summed E-state index contributed by atoms with van der Waals surface area (Å²) >= 11 is 0. The van der Waals surface area contributed by atoms with Crippen LogP contribution in [-0.4, -0.2) is 55.8 Å². The maximum absolute atomic E-state index is 13.0. The van der Waals surface area contributed by atoms with E-state index in [0.717, 1.165) is 5.56 Å². The fraction of sp³-hybridized carbons (Fsp3) is 0.556. The molecule has 0 radical (unpaired) electrons. The summed E-state index contributed by atoms with van der Waals surface area (Å²) in [4.78, 5) is 25.4. The van der Waals surface area contributed by atoms with E-state index in [1.54, 1.807) is 20.8 Å². The van der Waals surface area contributed by atoms with E-state index in [0.29, 0.717) is 30.5 Å². The third-order valence-corrected chi connectivity index (χ3v) is 4.17. The van der Waals surface area contributed by atoms with E-state index in [9.17, 15) is 9.59 Å². The Bertz CT molecular complexity index is 837. The van der Waals surface area contributed by atoms with Gasteiger partial charge in [0, 0.05) is 13.1 Å². The van der Waals surface area contributed by atoms with Gasteiger partial charge < -0.3 is 4.74 Å². The van der Waals surface area contributed by atoms with Crippen molar-refractivity contribution >= 4 is 23.2 Å². The molecule has 8 heteroatoms. The van der Waals surface area contributed by atoms with E-state index in [-0.39, 0.29) is 5.92 Å². The van der Waals surface area contributed by atoms with Crippen LogP contribution in [0.25, 0.3) is 11.0 Å². The number of carbonyl (C=O) groups is 2. The Labute approximate surface area is 152 Å². The van der Waals surface area contributed by atoms with Crippen molar-refractivity contribution < 1.29 is 14.3 Å². The van der Waals surface area contributed by atoms with Crippen molar-refractivity contribution in [2.75, 3.05) is 13.1 Å². The van der Waals surface area contributed by atoms with Crippen LogP contribution in [0.1, 0.15) is 52.5 Å². The van der Waals surface area contributed by atoms with E-state index < -0.39 is 17.7 Å². The molecule has 2 heterocycles. The molecule has 1 saturated heterocycles. The highest BCUT2D eigenvalue weighted by molar-refractivity contribution is 5.90. The Kier molecular flexibility index (Phi) is 4.60. The Morgan fingerprint density at radius 2 is 1.85 bits per heavy atom. The predicted molar refractivity (Wildman–Crippen MR) is 96.7 cm³/mol. The number of benzene rings is 1. The molecule has 0 N–H and O–H groups in total. The maximum atomic E-state index is 13.0. The predicted octanol–water partition coefficient (Wildman–Crippen LogP) is 3.38. The number of carbonyl (C=O) groups excluding carboxylic acids is 2. The molecule has 1 fully saturated rings. The number of hydrazine groups is 1. The minimum absolute atomic E-state index is 0.268. The van der Waals surface area contributed by atoms with Gasteiger partial charge in [-0.1, -0.05) is 31.2 Å². The van der Waals surface area contributed by atoms with Gasteiger partial charge in [-0.05, 0) is 44.7 Å². The van der Waals surface area contributed by atoms with Crippen LogP contribution >= 0.6 is 0 Å². The molecule has 140 valence electrons. The van der Waals surface area contributed by atoms with Crippen LogP contribution < -0.4 is 0 Å². The average Bonchev–Trinajstić information content (AvgIpc) is 3.19. The van der Waals surface area contributed by atoms with Crippen LogP contribution in [0.15, 0.2) is 18.2 Å².